The number of carbonyl (C=O) groups is 4. The normalized spacial score (nSPS) is 12.9. The maximum absolute atomic E-state index is 14.5. The Morgan fingerprint density at radius 1 is 1.09 bits per heavy atom. The van der Waals surface area contributed by atoms with Crippen molar-refractivity contribution in [1.82, 2.24) is 15.4 Å². The average molecular weight is 779 g/mol. The molecular weight excluding hydrogens is 738 g/mol. The lowest BCUT2D eigenvalue weighted by Gasteiger charge is -2.19. The summed E-state index contributed by atoms with van der Waals surface area (Å²) >= 11 is 1.96. The Kier molecular flexibility index (Phi) is 16.7. The summed E-state index contributed by atoms with van der Waals surface area (Å²) in [7, 11) is 2.80. The number of aromatic nitrogens is 1. The minimum Gasteiger partial charge on any atom is -0.462 e. The van der Waals surface area contributed by atoms with Gasteiger partial charge in [0.15, 0.2) is 6.29 Å². The maximum atomic E-state index is 14.5. The van der Waals surface area contributed by atoms with Crippen molar-refractivity contribution >= 4 is 57.8 Å². The molecule has 0 bridgehead atoms. The summed E-state index contributed by atoms with van der Waals surface area (Å²) in [5.41, 5.74) is 2.15. The number of aliphatic hydroxyl groups excluding tert-OH is 1. The lowest BCUT2D eigenvalue weighted by atomic mass is 10.1. The molecule has 15 nitrogen and oxygen atoms in total. The van der Waals surface area contributed by atoms with Gasteiger partial charge in [0.05, 0.1) is 24.0 Å². The molecule has 0 aliphatic carbocycles. The topological polar surface area (TPSA) is 193 Å². The molecule has 2 unspecified atom stereocenters. The van der Waals surface area contributed by atoms with Gasteiger partial charge in [-0.15, -0.1) is 0 Å². The molecule has 4 N–H and O–H groups in total. The lowest BCUT2D eigenvalue weighted by Crippen LogP contribution is -2.40. The number of hydroxylamine groups is 1. The number of methoxy groups -OCH3 is 1. The van der Waals surface area contributed by atoms with Crippen molar-refractivity contribution in [2.45, 2.75) is 58.5 Å². The van der Waals surface area contributed by atoms with Crippen molar-refractivity contribution < 1.29 is 52.5 Å². The van der Waals surface area contributed by atoms with E-state index in [0.717, 1.165) is 0 Å². The standard InChI is InChI=1S/C30H40FIN4O11/c1-17-13-21(27(36(4)29(17)41)34-23-10-9-20(32)14-22(23)31)28(40)35-46-12-11-44-30(42)19(3)33-24(38)7-6-8-25(39)45-16-26(43-5)47-18(2)15-37/h9-10,13-14,18-19,26,34,37H,6-8,11-12,15-16H2,1-5H3,(H,33,38)(H,35,40)/t18?,19-,26?/m0/s1. The molecule has 1 aromatic carbocycles. The Morgan fingerprint density at radius 3 is 2.47 bits per heavy atom. The molecule has 0 saturated carbocycles. The molecule has 0 aliphatic rings. The number of benzene rings is 1. The monoisotopic (exact) mass is 778 g/mol. The van der Waals surface area contributed by atoms with E-state index >= 15 is 0 Å². The van der Waals surface area contributed by atoms with Gasteiger partial charge in [-0.2, -0.15) is 0 Å². The van der Waals surface area contributed by atoms with Crippen LogP contribution in [0.3, 0.4) is 0 Å². The number of aliphatic hydroxyl groups is 1. The first kappa shape index (κ1) is 39.5. The molecule has 17 heteroatoms. The van der Waals surface area contributed by atoms with Crippen LogP contribution in [0.15, 0.2) is 29.1 Å². The summed E-state index contributed by atoms with van der Waals surface area (Å²) in [5, 5.41) is 14.3. The molecule has 1 heterocycles. The Balaban J connectivity index is 1.75. The smallest absolute Gasteiger partial charge is 0.328 e. The van der Waals surface area contributed by atoms with Crippen LogP contribution < -0.4 is 21.7 Å². The van der Waals surface area contributed by atoms with Crippen molar-refractivity contribution in [2.75, 3.05) is 38.9 Å². The average Bonchev–Trinajstić information content (AvgIpc) is 3.03. The van der Waals surface area contributed by atoms with E-state index in [9.17, 15) is 28.4 Å². The second-order valence-corrected chi connectivity index (χ2v) is 11.5. The Morgan fingerprint density at radius 2 is 1.81 bits per heavy atom. The molecule has 2 aromatic rings. The summed E-state index contributed by atoms with van der Waals surface area (Å²) in [4.78, 5) is 66.9. The van der Waals surface area contributed by atoms with Crippen LogP contribution in [-0.2, 0) is 45.2 Å². The minimum atomic E-state index is -0.999. The predicted octanol–water partition coefficient (Wildman–Crippen LogP) is 1.97. The minimum absolute atomic E-state index is 0.00464. The fourth-order valence-electron chi connectivity index (χ4n) is 3.88. The van der Waals surface area contributed by atoms with Gasteiger partial charge in [0, 0.05) is 36.1 Å². The van der Waals surface area contributed by atoms with E-state index in [1.165, 1.54) is 50.8 Å². The van der Waals surface area contributed by atoms with E-state index < -0.39 is 53.6 Å². The number of nitrogens with one attached hydrogen (secondary N) is 3. The highest BCUT2D eigenvalue weighted by Gasteiger charge is 2.20. The van der Waals surface area contributed by atoms with Gasteiger partial charge in [-0.05, 0) is 74.0 Å². The maximum Gasteiger partial charge on any atom is 0.328 e. The number of halogens is 2. The third-order valence-corrected chi connectivity index (χ3v) is 7.09. The predicted molar refractivity (Wildman–Crippen MR) is 174 cm³/mol. The molecular formula is C30H40FIN4O11. The number of hydrogen-bond donors (Lipinski definition) is 4. The van der Waals surface area contributed by atoms with Crippen LogP contribution in [0.2, 0.25) is 0 Å². The molecule has 0 spiro atoms. The largest absolute Gasteiger partial charge is 0.462 e. The number of pyridine rings is 1. The number of carbonyl (C=O) groups excluding carboxylic acids is 4. The molecule has 2 rings (SSSR count). The van der Waals surface area contributed by atoms with Crippen LogP contribution in [0.25, 0.3) is 0 Å². The van der Waals surface area contributed by atoms with E-state index in [1.807, 2.05) is 22.6 Å². The second kappa shape index (κ2) is 19.9. The van der Waals surface area contributed by atoms with Gasteiger partial charge in [0.1, 0.15) is 37.5 Å². The number of anilines is 2. The van der Waals surface area contributed by atoms with Gasteiger partial charge in [-0.3, -0.25) is 28.6 Å². The van der Waals surface area contributed by atoms with E-state index in [0.29, 0.717) is 3.57 Å². The van der Waals surface area contributed by atoms with Crippen LogP contribution in [0.1, 0.15) is 49.0 Å². The zero-order valence-corrected chi connectivity index (χ0v) is 28.9. The van der Waals surface area contributed by atoms with Crippen LogP contribution in [0, 0.1) is 16.3 Å². The third-order valence-electron chi connectivity index (χ3n) is 6.42. The Hall–Kier alpha value is -3.65. The van der Waals surface area contributed by atoms with Gasteiger partial charge < -0.3 is 34.7 Å². The van der Waals surface area contributed by atoms with Crippen LogP contribution in [0.5, 0.6) is 0 Å². The van der Waals surface area contributed by atoms with Crippen molar-refractivity contribution in [2.24, 2.45) is 7.05 Å². The summed E-state index contributed by atoms with van der Waals surface area (Å²) in [6.45, 7) is 3.67. The fourth-order valence-corrected chi connectivity index (χ4v) is 4.33. The first-order valence-corrected chi connectivity index (χ1v) is 15.6. The zero-order chi connectivity index (χ0) is 35.1. The molecule has 3 atom stereocenters. The highest BCUT2D eigenvalue weighted by atomic mass is 127. The fraction of sp³-hybridized carbons (Fsp3) is 0.500. The van der Waals surface area contributed by atoms with Crippen LogP contribution in [-0.4, -0.2) is 85.4 Å². The number of aryl methyl sites for hydroxylation is 1. The number of esters is 2. The number of hydrogen-bond acceptors (Lipinski definition) is 12. The van der Waals surface area contributed by atoms with Gasteiger partial charge in [-0.25, -0.2) is 14.7 Å². The zero-order valence-electron chi connectivity index (χ0n) is 26.7. The molecule has 0 aliphatic heterocycles. The Bertz CT molecular complexity index is 1460. The highest BCUT2D eigenvalue weighted by molar-refractivity contribution is 14.1. The van der Waals surface area contributed by atoms with Gasteiger partial charge >= 0.3 is 11.9 Å². The number of amides is 2. The second-order valence-electron chi connectivity index (χ2n) is 10.3. The van der Waals surface area contributed by atoms with Gasteiger partial charge in [-0.1, -0.05) is 0 Å². The molecule has 260 valence electrons. The summed E-state index contributed by atoms with van der Waals surface area (Å²) in [5.74, 6) is -3.09. The number of nitrogens with zero attached hydrogens (tertiary/aromatic N) is 1. The number of ether oxygens (including phenoxy) is 4. The van der Waals surface area contributed by atoms with Crippen LogP contribution >= 0.6 is 22.6 Å². The van der Waals surface area contributed by atoms with Crippen molar-refractivity contribution in [3.8, 4) is 0 Å². The van der Waals surface area contributed by atoms with E-state index in [1.54, 1.807) is 13.0 Å². The molecule has 1 aromatic heterocycles. The van der Waals surface area contributed by atoms with Gasteiger partial charge in [0.2, 0.25) is 5.91 Å². The number of rotatable bonds is 19. The van der Waals surface area contributed by atoms with Crippen LogP contribution in [0.4, 0.5) is 15.9 Å². The first-order valence-electron chi connectivity index (χ1n) is 14.5. The van der Waals surface area contributed by atoms with E-state index in [4.69, 9.17) is 28.9 Å². The quantitative estimate of drug-likeness (QED) is 0.0534. The van der Waals surface area contributed by atoms with E-state index in [2.05, 4.69) is 16.1 Å². The summed E-state index contributed by atoms with van der Waals surface area (Å²) in [6, 6.07) is 4.78. The van der Waals surface area contributed by atoms with E-state index in [-0.39, 0.29) is 68.3 Å². The van der Waals surface area contributed by atoms with Crippen molar-refractivity contribution in [3.63, 3.8) is 0 Å². The Labute approximate surface area is 284 Å². The third kappa shape index (κ3) is 13.2. The van der Waals surface area contributed by atoms with Gasteiger partial charge in [0.25, 0.3) is 11.5 Å². The van der Waals surface area contributed by atoms with Crippen molar-refractivity contribution in [1.29, 1.82) is 0 Å². The SMILES string of the molecule is COC(COC(=O)CCCC(=O)N[C@@H](C)C(=O)OCCONC(=O)c1cc(C)c(=O)n(C)c1Nc1ccc(I)cc1F)OC(C)CO. The summed E-state index contributed by atoms with van der Waals surface area (Å²) < 4.78 is 36.8. The first-order chi connectivity index (χ1) is 22.3. The molecule has 2 amide bonds. The summed E-state index contributed by atoms with van der Waals surface area (Å²) in [6.07, 6.45) is -1.28. The molecule has 47 heavy (non-hydrogen) atoms. The molecule has 0 radical (unpaired) electrons. The molecule has 0 fully saturated rings. The highest BCUT2D eigenvalue weighted by Crippen LogP contribution is 2.24. The van der Waals surface area contributed by atoms with Crippen molar-refractivity contribution in [3.05, 3.63) is 55.1 Å². The lowest BCUT2D eigenvalue weighted by molar-refractivity contribution is -0.191. The molecule has 0 saturated heterocycles.